The number of hydrogen-bond acceptors (Lipinski definition) is 4. The summed E-state index contributed by atoms with van der Waals surface area (Å²) in [5, 5.41) is 0. The largest absolute Gasteiger partial charge is 0.496 e. The first-order valence-corrected chi connectivity index (χ1v) is 8.35. The third kappa shape index (κ3) is 2.92. The van der Waals surface area contributed by atoms with Gasteiger partial charge in [0.2, 0.25) is 0 Å². The Kier molecular flexibility index (Phi) is 4.42. The van der Waals surface area contributed by atoms with Crippen LogP contribution in [0, 0.1) is 27.7 Å². The Morgan fingerprint density at radius 3 is 2.36 bits per heavy atom. The number of anilines is 1. The summed E-state index contributed by atoms with van der Waals surface area (Å²) in [6.07, 6.45) is 1.56. The number of pyridine rings is 1. The van der Waals surface area contributed by atoms with E-state index in [-0.39, 0.29) is 4.90 Å². The molecule has 0 bridgehead atoms. The minimum Gasteiger partial charge on any atom is -0.496 e. The predicted octanol–water partition coefficient (Wildman–Crippen LogP) is 3.12. The monoisotopic (exact) mass is 320 g/mol. The SMILES string of the molecule is COc1c(C)cc(S(=O)(=O)Nc2ncccc2C)c(C)c1C. The van der Waals surface area contributed by atoms with Gasteiger partial charge in [0, 0.05) is 6.20 Å². The zero-order chi connectivity index (χ0) is 16.5. The van der Waals surface area contributed by atoms with Gasteiger partial charge >= 0.3 is 0 Å². The van der Waals surface area contributed by atoms with Gasteiger partial charge in [-0.1, -0.05) is 6.07 Å². The highest BCUT2D eigenvalue weighted by molar-refractivity contribution is 7.92. The number of hydrogen-bond donors (Lipinski definition) is 1. The van der Waals surface area contributed by atoms with Gasteiger partial charge in [-0.25, -0.2) is 13.4 Å². The van der Waals surface area contributed by atoms with E-state index in [1.54, 1.807) is 32.4 Å². The summed E-state index contributed by atoms with van der Waals surface area (Å²) in [4.78, 5) is 4.33. The highest BCUT2D eigenvalue weighted by Gasteiger charge is 2.22. The molecule has 1 N–H and O–H groups in total. The highest BCUT2D eigenvalue weighted by atomic mass is 32.2. The van der Waals surface area contributed by atoms with E-state index in [4.69, 9.17) is 4.74 Å². The van der Waals surface area contributed by atoms with Crippen LogP contribution in [0.25, 0.3) is 0 Å². The van der Waals surface area contributed by atoms with E-state index in [0.717, 1.165) is 16.7 Å². The fourth-order valence-electron chi connectivity index (χ4n) is 2.39. The molecule has 0 amide bonds. The number of sulfonamides is 1. The third-order valence-corrected chi connectivity index (χ3v) is 5.18. The molecule has 22 heavy (non-hydrogen) atoms. The molecule has 1 aromatic carbocycles. The molecule has 0 fully saturated rings. The minimum atomic E-state index is -3.70. The summed E-state index contributed by atoms with van der Waals surface area (Å²) in [5.41, 5.74) is 3.04. The van der Waals surface area contributed by atoms with Gasteiger partial charge in [-0.15, -0.1) is 0 Å². The predicted molar refractivity (Wildman–Crippen MR) is 87.0 cm³/mol. The number of aryl methyl sites for hydroxylation is 2. The Hall–Kier alpha value is -2.08. The maximum Gasteiger partial charge on any atom is 0.263 e. The Balaban J connectivity index is 2.53. The van der Waals surface area contributed by atoms with Crippen LogP contribution in [0.15, 0.2) is 29.3 Å². The molecule has 2 aromatic rings. The van der Waals surface area contributed by atoms with Crippen molar-refractivity contribution in [2.45, 2.75) is 32.6 Å². The Labute approximate surface area is 131 Å². The Morgan fingerprint density at radius 1 is 1.09 bits per heavy atom. The molecule has 0 radical (unpaired) electrons. The van der Waals surface area contributed by atoms with Crippen LogP contribution in [0.4, 0.5) is 5.82 Å². The molecule has 1 aromatic heterocycles. The highest BCUT2D eigenvalue weighted by Crippen LogP contribution is 2.31. The number of aromatic nitrogens is 1. The van der Waals surface area contributed by atoms with Gasteiger partial charge in [-0.2, -0.15) is 0 Å². The van der Waals surface area contributed by atoms with E-state index in [1.165, 1.54) is 0 Å². The zero-order valence-corrected chi connectivity index (χ0v) is 14.2. The molecule has 2 rings (SSSR count). The molecule has 118 valence electrons. The first-order chi connectivity index (χ1) is 10.3. The van der Waals surface area contributed by atoms with Crippen molar-refractivity contribution in [3.63, 3.8) is 0 Å². The van der Waals surface area contributed by atoms with Gasteiger partial charge in [0.15, 0.2) is 0 Å². The topological polar surface area (TPSA) is 68.3 Å². The number of benzene rings is 1. The van der Waals surface area contributed by atoms with Crippen LogP contribution in [0.3, 0.4) is 0 Å². The number of ether oxygens (including phenoxy) is 1. The van der Waals surface area contributed by atoms with Gasteiger partial charge in [0.1, 0.15) is 11.6 Å². The van der Waals surface area contributed by atoms with E-state index in [1.807, 2.05) is 26.8 Å². The van der Waals surface area contributed by atoms with Crippen molar-refractivity contribution in [1.29, 1.82) is 0 Å². The molecule has 0 saturated heterocycles. The first kappa shape index (κ1) is 16.3. The average molecular weight is 320 g/mol. The minimum absolute atomic E-state index is 0.244. The van der Waals surface area contributed by atoms with E-state index < -0.39 is 10.0 Å². The first-order valence-electron chi connectivity index (χ1n) is 6.87. The van der Waals surface area contributed by atoms with Crippen molar-refractivity contribution in [3.8, 4) is 5.75 Å². The zero-order valence-electron chi connectivity index (χ0n) is 13.4. The van der Waals surface area contributed by atoms with Crippen LogP contribution >= 0.6 is 0 Å². The van der Waals surface area contributed by atoms with E-state index in [2.05, 4.69) is 9.71 Å². The van der Waals surface area contributed by atoms with E-state index in [9.17, 15) is 8.42 Å². The molecule has 5 nitrogen and oxygen atoms in total. The molecule has 0 saturated carbocycles. The fourth-order valence-corrected chi connectivity index (χ4v) is 3.86. The summed E-state index contributed by atoms with van der Waals surface area (Å²) in [5.74, 6) is 1.05. The standard InChI is InChI=1S/C16H20N2O3S/c1-10-7-6-8-17-16(10)18-22(19,20)14-9-11(2)15(21-5)13(4)12(14)3/h6-9H,1-5H3,(H,17,18). The van der Waals surface area contributed by atoms with E-state index >= 15 is 0 Å². The quantitative estimate of drug-likeness (QED) is 0.940. The fraction of sp³-hybridized carbons (Fsp3) is 0.312. The van der Waals surface area contributed by atoms with Crippen LogP contribution in [0.1, 0.15) is 22.3 Å². The molecule has 0 atom stereocenters. The summed E-state index contributed by atoms with van der Waals surface area (Å²) in [6.45, 7) is 7.27. The smallest absolute Gasteiger partial charge is 0.263 e. The number of nitrogens with zero attached hydrogens (tertiary/aromatic N) is 1. The summed E-state index contributed by atoms with van der Waals surface area (Å²) in [6, 6.07) is 5.20. The maximum absolute atomic E-state index is 12.7. The lowest BCUT2D eigenvalue weighted by atomic mass is 10.1. The summed E-state index contributed by atoms with van der Waals surface area (Å²) < 4.78 is 33.3. The van der Waals surface area contributed by atoms with Crippen LogP contribution in [-0.2, 0) is 10.0 Å². The summed E-state index contributed by atoms with van der Waals surface area (Å²) >= 11 is 0. The van der Waals surface area contributed by atoms with Crippen molar-refractivity contribution in [1.82, 2.24) is 4.98 Å². The molecule has 0 unspecified atom stereocenters. The molecular weight excluding hydrogens is 300 g/mol. The van der Waals surface area contributed by atoms with Gasteiger partial charge in [-0.3, -0.25) is 4.72 Å². The molecule has 6 heteroatoms. The average Bonchev–Trinajstić information content (AvgIpc) is 2.45. The van der Waals surface area contributed by atoms with Crippen LogP contribution in [0.5, 0.6) is 5.75 Å². The number of nitrogens with one attached hydrogen (secondary N) is 1. The Morgan fingerprint density at radius 2 is 1.77 bits per heavy atom. The molecule has 0 aliphatic rings. The van der Waals surface area contributed by atoms with Crippen molar-refractivity contribution in [2.75, 3.05) is 11.8 Å². The second kappa shape index (κ2) is 5.96. The van der Waals surface area contributed by atoms with Crippen molar-refractivity contribution < 1.29 is 13.2 Å². The maximum atomic E-state index is 12.7. The van der Waals surface area contributed by atoms with Gasteiger partial charge in [-0.05, 0) is 62.1 Å². The van der Waals surface area contributed by atoms with Gasteiger partial charge < -0.3 is 4.74 Å². The van der Waals surface area contributed by atoms with Crippen LogP contribution < -0.4 is 9.46 Å². The van der Waals surface area contributed by atoms with Crippen LogP contribution in [0.2, 0.25) is 0 Å². The number of rotatable bonds is 4. The molecule has 0 aliphatic carbocycles. The normalized spacial score (nSPS) is 11.3. The van der Waals surface area contributed by atoms with Gasteiger partial charge in [0.05, 0.1) is 12.0 Å². The molecule has 0 spiro atoms. The summed E-state index contributed by atoms with van der Waals surface area (Å²) in [7, 11) is -2.12. The van der Waals surface area contributed by atoms with Gasteiger partial charge in [0.25, 0.3) is 10.0 Å². The molecule has 1 heterocycles. The molecular formula is C16H20N2O3S. The van der Waals surface area contributed by atoms with Crippen LogP contribution in [-0.4, -0.2) is 20.5 Å². The second-order valence-corrected chi connectivity index (χ2v) is 6.90. The Bertz CT molecular complexity index is 814. The lowest BCUT2D eigenvalue weighted by molar-refractivity contribution is 0.407. The number of methoxy groups -OCH3 is 1. The van der Waals surface area contributed by atoms with Crippen molar-refractivity contribution in [2.24, 2.45) is 0 Å². The van der Waals surface area contributed by atoms with E-state index in [0.29, 0.717) is 17.1 Å². The second-order valence-electron chi connectivity index (χ2n) is 5.25. The lowest BCUT2D eigenvalue weighted by Gasteiger charge is -2.17. The lowest BCUT2D eigenvalue weighted by Crippen LogP contribution is -2.17. The third-order valence-electron chi connectivity index (χ3n) is 3.71. The molecule has 0 aliphatic heterocycles. The van der Waals surface area contributed by atoms with Crippen molar-refractivity contribution in [3.05, 3.63) is 46.6 Å². The van der Waals surface area contributed by atoms with Crippen molar-refractivity contribution >= 4 is 15.8 Å².